The highest BCUT2D eigenvalue weighted by atomic mass is 35.5. The number of hydrogen-bond donors (Lipinski definition) is 0. The zero-order valence-corrected chi connectivity index (χ0v) is 11.7. The van der Waals surface area contributed by atoms with Crippen molar-refractivity contribution < 1.29 is 4.39 Å². The first kappa shape index (κ1) is 13.2. The Morgan fingerprint density at radius 2 is 2.06 bits per heavy atom. The predicted molar refractivity (Wildman–Crippen MR) is 74.6 cm³/mol. The lowest BCUT2D eigenvalue weighted by Gasteiger charge is -2.30. The summed E-state index contributed by atoms with van der Waals surface area (Å²) in [5.41, 5.74) is 1.36. The van der Waals surface area contributed by atoms with Gasteiger partial charge in [-0.2, -0.15) is 11.8 Å². The van der Waals surface area contributed by atoms with Crippen LogP contribution in [0.3, 0.4) is 0 Å². The molecule has 1 fully saturated rings. The van der Waals surface area contributed by atoms with Gasteiger partial charge < -0.3 is 0 Å². The molecule has 0 saturated heterocycles. The van der Waals surface area contributed by atoms with Crippen molar-refractivity contribution in [1.29, 1.82) is 0 Å². The van der Waals surface area contributed by atoms with Gasteiger partial charge in [0.2, 0.25) is 0 Å². The molecule has 0 N–H and O–H groups in total. The van der Waals surface area contributed by atoms with Crippen molar-refractivity contribution in [3.05, 3.63) is 34.6 Å². The Labute approximate surface area is 112 Å². The van der Waals surface area contributed by atoms with Gasteiger partial charge in [-0.3, -0.25) is 0 Å². The number of thioether (sulfide) groups is 1. The smallest absolute Gasteiger partial charge is 0.124 e. The second-order valence-corrected chi connectivity index (χ2v) is 6.25. The zero-order valence-electron chi connectivity index (χ0n) is 10.1. The van der Waals surface area contributed by atoms with Crippen LogP contribution in [0.4, 0.5) is 4.39 Å². The van der Waals surface area contributed by atoms with E-state index in [1.165, 1.54) is 31.7 Å². The molecular weight excluding hydrogens is 255 g/mol. The largest absolute Gasteiger partial charge is 0.207 e. The van der Waals surface area contributed by atoms with E-state index in [-0.39, 0.29) is 11.2 Å². The number of benzene rings is 1. The molecule has 0 bridgehead atoms. The Kier molecular flexibility index (Phi) is 4.37. The number of halogens is 2. The van der Waals surface area contributed by atoms with Gasteiger partial charge in [-0.1, -0.05) is 30.5 Å². The minimum atomic E-state index is -0.239. The molecular formula is C14H18ClFS. The standard InChI is InChI=1S/C14H18ClFS/c1-17-9-8-14(6-2-3-7-14)12-5-4-11(16)10-13(12)15/h4-5,10H,2-3,6-9H2,1H3. The summed E-state index contributed by atoms with van der Waals surface area (Å²) in [6.07, 6.45) is 8.20. The summed E-state index contributed by atoms with van der Waals surface area (Å²) in [4.78, 5) is 0. The summed E-state index contributed by atoms with van der Waals surface area (Å²) in [5.74, 6) is 0.907. The van der Waals surface area contributed by atoms with Gasteiger partial charge in [0.05, 0.1) is 0 Å². The molecule has 1 aliphatic carbocycles. The van der Waals surface area contributed by atoms with E-state index in [2.05, 4.69) is 6.26 Å². The van der Waals surface area contributed by atoms with Crippen molar-refractivity contribution in [3.8, 4) is 0 Å². The monoisotopic (exact) mass is 272 g/mol. The van der Waals surface area contributed by atoms with Crippen LogP contribution >= 0.6 is 23.4 Å². The molecule has 1 aromatic rings. The third kappa shape index (κ3) is 2.79. The fraction of sp³-hybridized carbons (Fsp3) is 0.571. The van der Waals surface area contributed by atoms with Crippen LogP contribution in [0.2, 0.25) is 5.02 Å². The van der Waals surface area contributed by atoms with E-state index in [1.807, 2.05) is 17.8 Å². The van der Waals surface area contributed by atoms with Gasteiger partial charge in [0.15, 0.2) is 0 Å². The summed E-state index contributed by atoms with van der Waals surface area (Å²) in [6, 6.07) is 4.89. The first-order chi connectivity index (χ1) is 8.18. The van der Waals surface area contributed by atoms with Crippen LogP contribution in [-0.4, -0.2) is 12.0 Å². The molecule has 2 rings (SSSR count). The molecule has 0 amide bonds. The maximum absolute atomic E-state index is 13.1. The van der Waals surface area contributed by atoms with Crippen molar-refractivity contribution in [3.63, 3.8) is 0 Å². The second kappa shape index (κ2) is 5.62. The van der Waals surface area contributed by atoms with E-state index in [0.717, 1.165) is 17.7 Å². The third-order valence-corrected chi connectivity index (χ3v) is 4.77. The van der Waals surface area contributed by atoms with Crippen LogP contribution in [0, 0.1) is 5.82 Å². The maximum atomic E-state index is 13.1. The average Bonchev–Trinajstić information content (AvgIpc) is 2.76. The normalized spacial score (nSPS) is 18.5. The van der Waals surface area contributed by atoms with Crippen LogP contribution < -0.4 is 0 Å². The summed E-state index contributed by atoms with van der Waals surface area (Å²) in [6.45, 7) is 0. The molecule has 1 saturated carbocycles. The molecule has 0 atom stereocenters. The van der Waals surface area contributed by atoms with E-state index >= 15 is 0 Å². The Balaban J connectivity index is 2.31. The van der Waals surface area contributed by atoms with Crippen molar-refractivity contribution >= 4 is 23.4 Å². The molecule has 3 heteroatoms. The van der Waals surface area contributed by atoms with E-state index in [0.29, 0.717) is 5.02 Å². The highest BCUT2D eigenvalue weighted by Crippen LogP contribution is 2.46. The van der Waals surface area contributed by atoms with Crippen molar-refractivity contribution in [2.24, 2.45) is 0 Å². The summed E-state index contributed by atoms with van der Waals surface area (Å²) >= 11 is 8.10. The van der Waals surface area contributed by atoms with Crippen LogP contribution in [0.15, 0.2) is 18.2 Å². The molecule has 94 valence electrons. The van der Waals surface area contributed by atoms with E-state index in [1.54, 1.807) is 6.07 Å². The lowest BCUT2D eigenvalue weighted by molar-refractivity contribution is 0.428. The highest BCUT2D eigenvalue weighted by Gasteiger charge is 2.36. The maximum Gasteiger partial charge on any atom is 0.124 e. The zero-order chi connectivity index (χ0) is 12.3. The van der Waals surface area contributed by atoms with Gasteiger partial charge in [0.1, 0.15) is 5.82 Å². The molecule has 1 aromatic carbocycles. The first-order valence-electron chi connectivity index (χ1n) is 6.12. The van der Waals surface area contributed by atoms with Gasteiger partial charge >= 0.3 is 0 Å². The quantitative estimate of drug-likeness (QED) is 0.740. The Hall–Kier alpha value is -0.210. The van der Waals surface area contributed by atoms with Gasteiger partial charge in [-0.05, 0) is 54.4 Å². The summed E-state index contributed by atoms with van der Waals surface area (Å²) in [5, 5.41) is 0.605. The topological polar surface area (TPSA) is 0 Å². The predicted octanol–water partition coefficient (Wildman–Crippen LogP) is 5.04. The fourth-order valence-corrected chi connectivity index (χ4v) is 3.89. The van der Waals surface area contributed by atoms with Gasteiger partial charge in [-0.15, -0.1) is 0 Å². The van der Waals surface area contributed by atoms with Gasteiger partial charge in [0, 0.05) is 5.02 Å². The Morgan fingerprint density at radius 1 is 1.35 bits per heavy atom. The SMILES string of the molecule is CSCCC1(c2ccc(F)cc2Cl)CCCC1. The molecule has 0 aliphatic heterocycles. The van der Waals surface area contributed by atoms with Gasteiger partial charge in [0.25, 0.3) is 0 Å². The van der Waals surface area contributed by atoms with Crippen molar-refractivity contribution in [2.45, 2.75) is 37.5 Å². The van der Waals surface area contributed by atoms with Crippen LogP contribution in [0.25, 0.3) is 0 Å². The first-order valence-corrected chi connectivity index (χ1v) is 7.90. The van der Waals surface area contributed by atoms with E-state index < -0.39 is 0 Å². The van der Waals surface area contributed by atoms with Crippen molar-refractivity contribution in [2.75, 3.05) is 12.0 Å². The number of rotatable bonds is 4. The van der Waals surface area contributed by atoms with Crippen LogP contribution in [0.1, 0.15) is 37.7 Å². The summed E-state index contributed by atoms with van der Waals surface area (Å²) < 4.78 is 13.1. The molecule has 1 aliphatic rings. The van der Waals surface area contributed by atoms with Crippen molar-refractivity contribution in [1.82, 2.24) is 0 Å². The Morgan fingerprint density at radius 3 is 2.65 bits per heavy atom. The second-order valence-electron chi connectivity index (χ2n) is 4.85. The lowest BCUT2D eigenvalue weighted by atomic mass is 9.76. The number of hydrogen-bond acceptors (Lipinski definition) is 1. The van der Waals surface area contributed by atoms with Gasteiger partial charge in [-0.25, -0.2) is 4.39 Å². The van der Waals surface area contributed by atoms with Crippen LogP contribution in [-0.2, 0) is 5.41 Å². The Bertz CT molecular complexity index is 386. The average molecular weight is 273 g/mol. The molecule has 17 heavy (non-hydrogen) atoms. The fourth-order valence-electron chi connectivity index (χ4n) is 2.92. The summed E-state index contributed by atoms with van der Waals surface area (Å²) in [7, 11) is 0. The minimum Gasteiger partial charge on any atom is -0.207 e. The van der Waals surface area contributed by atoms with E-state index in [9.17, 15) is 4.39 Å². The lowest BCUT2D eigenvalue weighted by Crippen LogP contribution is -2.23. The van der Waals surface area contributed by atoms with E-state index in [4.69, 9.17) is 11.6 Å². The third-order valence-electron chi connectivity index (χ3n) is 3.85. The molecule has 0 unspecified atom stereocenters. The molecule has 0 heterocycles. The van der Waals surface area contributed by atoms with Crippen LogP contribution in [0.5, 0.6) is 0 Å². The molecule has 0 spiro atoms. The highest BCUT2D eigenvalue weighted by molar-refractivity contribution is 7.98. The molecule has 0 nitrogen and oxygen atoms in total. The molecule has 0 aromatic heterocycles. The molecule has 0 radical (unpaired) electrons. The minimum absolute atomic E-state index is 0.202.